The standard InChI is InChI=1S/C19H30N2/c1-2-20-19-17-11-7-6-10-16(17)12-13-18(19)21-14-8-4-3-5-9-15-21/h6-7,10-11,18-20H,2-5,8-9,12-15H2,1H3. The Morgan fingerprint density at radius 2 is 1.76 bits per heavy atom. The van der Waals surface area contributed by atoms with E-state index in [1.165, 1.54) is 58.0 Å². The monoisotopic (exact) mass is 286 g/mol. The Labute approximate surface area is 129 Å². The summed E-state index contributed by atoms with van der Waals surface area (Å²) in [4.78, 5) is 2.79. The molecular formula is C19H30N2. The Hall–Kier alpha value is -0.860. The van der Waals surface area contributed by atoms with Crippen LogP contribution in [-0.4, -0.2) is 30.6 Å². The third-order valence-corrected chi connectivity index (χ3v) is 5.27. The van der Waals surface area contributed by atoms with E-state index in [9.17, 15) is 0 Å². The summed E-state index contributed by atoms with van der Waals surface area (Å²) in [5, 5.41) is 3.78. The van der Waals surface area contributed by atoms with Gasteiger partial charge in [0.1, 0.15) is 0 Å². The Balaban J connectivity index is 1.80. The van der Waals surface area contributed by atoms with Gasteiger partial charge in [0.2, 0.25) is 0 Å². The van der Waals surface area contributed by atoms with Gasteiger partial charge in [-0.1, -0.05) is 50.5 Å². The maximum atomic E-state index is 3.78. The molecule has 0 amide bonds. The summed E-state index contributed by atoms with van der Waals surface area (Å²) in [5.41, 5.74) is 3.12. The molecule has 2 heteroatoms. The quantitative estimate of drug-likeness (QED) is 0.906. The Morgan fingerprint density at radius 3 is 2.52 bits per heavy atom. The predicted molar refractivity (Wildman–Crippen MR) is 89.6 cm³/mol. The molecule has 1 saturated heterocycles. The molecule has 1 N–H and O–H groups in total. The fraction of sp³-hybridized carbons (Fsp3) is 0.684. The van der Waals surface area contributed by atoms with Gasteiger partial charge in [0.15, 0.2) is 0 Å². The van der Waals surface area contributed by atoms with Crippen molar-refractivity contribution in [2.75, 3.05) is 19.6 Å². The number of rotatable bonds is 3. The zero-order valence-corrected chi connectivity index (χ0v) is 13.5. The SMILES string of the molecule is CCNC1c2ccccc2CCC1N1CCCCCCC1. The summed E-state index contributed by atoms with van der Waals surface area (Å²) >= 11 is 0. The molecule has 0 saturated carbocycles. The lowest BCUT2D eigenvalue weighted by molar-refractivity contribution is 0.129. The third-order valence-electron chi connectivity index (χ3n) is 5.27. The zero-order chi connectivity index (χ0) is 14.5. The van der Waals surface area contributed by atoms with Crippen LogP contribution < -0.4 is 5.32 Å². The summed E-state index contributed by atoms with van der Waals surface area (Å²) < 4.78 is 0. The van der Waals surface area contributed by atoms with Crippen molar-refractivity contribution in [2.45, 2.75) is 64.0 Å². The van der Waals surface area contributed by atoms with Gasteiger partial charge in [0.25, 0.3) is 0 Å². The number of nitrogens with one attached hydrogen (secondary N) is 1. The number of hydrogen-bond donors (Lipinski definition) is 1. The maximum Gasteiger partial charge on any atom is 0.0480 e. The normalized spacial score (nSPS) is 27.7. The molecule has 2 unspecified atom stereocenters. The first-order valence-electron chi connectivity index (χ1n) is 8.95. The van der Waals surface area contributed by atoms with Crippen molar-refractivity contribution in [3.05, 3.63) is 35.4 Å². The lowest BCUT2D eigenvalue weighted by atomic mass is 9.82. The van der Waals surface area contributed by atoms with Gasteiger partial charge < -0.3 is 5.32 Å². The topological polar surface area (TPSA) is 15.3 Å². The van der Waals surface area contributed by atoms with Crippen LogP contribution in [0, 0.1) is 0 Å². The fourth-order valence-electron chi connectivity index (χ4n) is 4.21. The summed E-state index contributed by atoms with van der Waals surface area (Å²) in [6, 6.07) is 10.3. The van der Waals surface area contributed by atoms with Crippen molar-refractivity contribution in [1.82, 2.24) is 10.2 Å². The van der Waals surface area contributed by atoms with Crippen LogP contribution >= 0.6 is 0 Å². The highest BCUT2D eigenvalue weighted by atomic mass is 15.2. The van der Waals surface area contributed by atoms with Crippen LogP contribution in [0.15, 0.2) is 24.3 Å². The molecule has 0 bridgehead atoms. The average Bonchev–Trinajstić information content (AvgIpc) is 2.48. The molecule has 0 spiro atoms. The van der Waals surface area contributed by atoms with E-state index in [0.29, 0.717) is 12.1 Å². The van der Waals surface area contributed by atoms with E-state index in [-0.39, 0.29) is 0 Å². The van der Waals surface area contributed by atoms with E-state index in [1.807, 2.05) is 0 Å². The predicted octanol–water partition coefficient (Wildman–Crippen LogP) is 3.92. The van der Waals surface area contributed by atoms with Crippen LogP contribution in [0.1, 0.15) is 62.6 Å². The van der Waals surface area contributed by atoms with Gasteiger partial charge >= 0.3 is 0 Å². The minimum absolute atomic E-state index is 0.527. The van der Waals surface area contributed by atoms with Gasteiger partial charge in [-0.3, -0.25) is 4.90 Å². The molecule has 1 aromatic carbocycles. The zero-order valence-electron chi connectivity index (χ0n) is 13.5. The molecule has 1 heterocycles. The third kappa shape index (κ3) is 3.49. The van der Waals surface area contributed by atoms with E-state index in [4.69, 9.17) is 0 Å². The molecule has 2 atom stereocenters. The van der Waals surface area contributed by atoms with Gasteiger partial charge in [0.05, 0.1) is 0 Å². The number of benzene rings is 1. The molecule has 0 aromatic heterocycles. The number of aryl methyl sites for hydroxylation is 1. The van der Waals surface area contributed by atoms with E-state index in [1.54, 1.807) is 11.1 Å². The second kappa shape index (κ2) is 7.42. The van der Waals surface area contributed by atoms with Gasteiger partial charge in [0, 0.05) is 12.1 Å². The van der Waals surface area contributed by atoms with Crippen LogP contribution in [0.4, 0.5) is 0 Å². The highest BCUT2D eigenvalue weighted by molar-refractivity contribution is 5.34. The van der Waals surface area contributed by atoms with Crippen LogP contribution in [0.2, 0.25) is 0 Å². The van der Waals surface area contributed by atoms with E-state index < -0.39 is 0 Å². The van der Waals surface area contributed by atoms with Crippen molar-refractivity contribution in [3.63, 3.8) is 0 Å². The van der Waals surface area contributed by atoms with Gasteiger partial charge in [-0.15, -0.1) is 0 Å². The van der Waals surface area contributed by atoms with Crippen molar-refractivity contribution in [1.29, 1.82) is 0 Å². The number of hydrogen-bond acceptors (Lipinski definition) is 2. The van der Waals surface area contributed by atoms with Crippen molar-refractivity contribution in [2.24, 2.45) is 0 Å². The second-order valence-electron chi connectivity index (χ2n) is 6.64. The minimum Gasteiger partial charge on any atom is -0.309 e. The lowest BCUT2D eigenvalue weighted by Gasteiger charge is -2.42. The molecule has 0 radical (unpaired) electrons. The minimum atomic E-state index is 0.527. The molecule has 1 fully saturated rings. The van der Waals surface area contributed by atoms with Crippen LogP contribution in [0.5, 0.6) is 0 Å². The van der Waals surface area contributed by atoms with Crippen molar-refractivity contribution >= 4 is 0 Å². The number of likely N-dealkylation sites (N-methyl/N-ethyl adjacent to an activating group) is 1. The van der Waals surface area contributed by atoms with Crippen molar-refractivity contribution in [3.8, 4) is 0 Å². The van der Waals surface area contributed by atoms with E-state index in [2.05, 4.69) is 41.4 Å². The molecule has 1 aliphatic carbocycles. The summed E-state index contributed by atoms with van der Waals surface area (Å²) in [6.07, 6.45) is 9.62. The number of nitrogens with zero attached hydrogens (tertiary/aromatic N) is 1. The Morgan fingerprint density at radius 1 is 1.05 bits per heavy atom. The average molecular weight is 286 g/mol. The molecule has 21 heavy (non-hydrogen) atoms. The molecule has 116 valence electrons. The molecular weight excluding hydrogens is 256 g/mol. The molecule has 2 nitrogen and oxygen atoms in total. The number of fused-ring (bicyclic) bond motifs is 1. The highest BCUT2D eigenvalue weighted by Crippen LogP contribution is 2.33. The van der Waals surface area contributed by atoms with E-state index >= 15 is 0 Å². The summed E-state index contributed by atoms with van der Waals surface area (Å²) in [6.45, 7) is 5.90. The van der Waals surface area contributed by atoms with Crippen LogP contribution in [0.3, 0.4) is 0 Å². The molecule has 1 aromatic rings. The van der Waals surface area contributed by atoms with Gasteiger partial charge in [-0.2, -0.15) is 0 Å². The number of likely N-dealkylation sites (tertiary alicyclic amines) is 1. The second-order valence-corrected chi connectivity index (χ2v) is 6.64. The first-order chi connectivity index (χ1) is 10.4. The molecule has 3 rings (SSSR count). The molecule has 1 aliphatic heterocycles. The maximum absolute atomic E-state index is 3.78. The van der Waals surface area contributed by atoms with Crippen molar-refractivity contribution < 1.29 is 0 Å². The molecule has 2 aliphatic rings. The van der Waals surface area contributed by atoms with E-state index in [0.717, 1.165) is 6.54 Å². The highest BCUT2D eigenvalue weighted by Gasteiger charge is 2.32. The Kier molecular flexibility index (Phi) is 5.32. The summed E-state index contributed by atoms with van der Waals surface area (Å²) in [7, 11) is 0. The Bertz CT molecular complexity index is 435. The fourth-order valence-corrected chi connectivity index (χ4v) is 4.21. The summed E-state index contributed by atoms with van der Waals surface area (Å²) in [5.74, 6) is 0. The first kappa shape index (κ1) is 15.1. The van der Waals surface area contributed by atoms with Crippen LogP contribution in [-0.2, 0) is 6.42 Å². The van der Waals surface area contributed by atoms with Gasteiger partial charge in [-0.05, 0) is 56.4 Å². The largest absolute Gasteiger partial charge is 0.309 e. The first-order valence-corrected chi connectivity index (χ1v) is 8.95. The lowest BCUT2D eigenvalue weighted by Crippen LogP contribution is -2.48. The van der Waals surface area contributed by atoms with Gasteiger partial charge in [-0.25, -0.2) is 0 Å². The smallest absolute Gasteiger partial charge is 0.0480 e. The van der Waals surface area contributed by atoms with Crippen LogP contribution in [0.25, 0.3) is 0 Å².